The maximum Gasteiger partial charge on any atom is 0.407 e. The van der Waals surface area contributed by atoms with E-state index in [1.54, 1.807) is 0 Å². The van der Waals surface area contributed by atoms with Gasteiger partial charge in [0.25, 0.3) is 0 Å². The Kier molecular flexibility index (Phi) is 6.50. The second-order valence-corrected chi connectivity index (χ2v) is 7.59. The zero-order valence-corrected chi connectivity index (χ0v) is 15.0. The van der Waals surface area contributed by atoms with Gasteiger partial charge < -0.3 is 20.3 Å². The highest BCUT2D eigenvalue weighted by Gasteiger charge is 2.30. The van der Waals surface area contributed by atoms with Gasteiger partial charge in [-0.2, -0.15) is 0 Å². The Labute approximate surface area is 134 Å². The van der Waals surface area contributed by atoms with Crippen molar-refractivity contribution >= 4 is 12.1 Å². The molecule has 0 aromatic heterocycles. The number of guanidine groups is 1. The molecule has 1 rings (SSSR count). The first-order valence-electron chi connectivity index (χ1n) is 8.05. The van der Waals surface area contributed by atoms with Gasteiger partial charge in [0.2, 0.25) is 0 Å². The lowest BCUT2D eigenvalue weighted by molar-refractivity contribution is 0.0527. The van der Waals surface area contributed by atoms with Crippen LogP contribution in [0.1, 0.15) is 47.5 Å². The number of hydrogen-bond donors (Lipinski definition) is 2. The molecule has 1 heterocycles. The molecule has 22 heavy (non-hydrogen) atoms. The van der Waals surface area contributed by atoms with E-state index in [9.17, 15) is 4.79 Å². The summed E-state index contributed by atoms with van der Waals surface area (Å²) in [5.74, 6) is 0.947. The molecule has 1 aliphatic rings. The Morgan fingerprint density at radius 1 is 1.27 bits per heavy atom. The van der Waals surface area contributed by atoms with E-state index in [-0.39, 0.29) is 6.09 Å². The average molecular weight is 312 g/mol. The number of rotatable bonds is 4. The Morgan fingerprint density at radius 3 is 2.41 bits per heavy atom. The van der Waals surface area contributed by atoms with Crippen molar-refractivity contribution < 1.29 is 9.53 Å². The van der Waals surface area contributed by atoms with E-state index in [0.717, 1.165) is 32.0 Å². The third kappa shape index (κ3) is 7.00. The maximum atomic E-state index is 11.5. The van der Waals surface area contributed by atoms with Crippen LogP contribution in [0.4, 0.5) is 4.79 Å². The smallest absolute Gasteiger partial charge is 0.407 e. The van der Waals surface area contributed by atoms with E-state index in [1.165, 1.54) is 6.42 Å². The summed E-state index contributed by atoms with van der Waals surface area (Å²) < 4.78 is 5.19. The molecule has 1 fully saturated rings. The highest BCUT2D eigenvalue weighted by atomic mass is 16.6. The molecule has 1 saturated heterocycles. The van der Waals surface area contributed by atoms with Crippen LogP contribution in [0.25, 0.3) is 0 Å². The summed E-state index contributed by atoms with van der Waals surface area (Å²) in [6.07, 6.45) is 1.65. The van der Waals surface area contributed by atoms with Gasteiger partial charge in [0.15, 0.2) is 5.96 Å². The normalized spacial score (nSPS) is 18.3. The Hall–Kier alpha value is -1.46. The summed E-state index contributed by atoms with van der Waals surface area (Å²) in [5, 5.41) is 6.11. The van der Waals surface area contributed by atoms with Crippen molar-refractivity contribution in [3.63, 3.8) is 0 Å². The van der Waals surface area contributed by atoms with Crippen LogP contribution in [0.5, 0.6) is 0 Å². The van der Waals surface area contributed by atoms with E-state index in [2.05, 4.69) is 34.4 Å². The fourth-order valence-corrected chi connectivity index (χ4v) is 2.42. The van der Waals surface area contributed by atoms with Crippen molar-refractivity contribution in [2.75, 3.05) is 33.2 Å². The van der Waals surface area contributed by atoms with Gasteiger partial charge in [0.1, 0.15) is 5.60 Å². The van der Waals surface area contributed by atoms with Crippen molar-refractivity contribution in [1.29, 1.82) is 0 Å². The summed E-state index contributed by atoms with van der Waals surface area (Å²) in [6, 6.07) is 0. The van der Waals surface area contributed by atoms with E-state index >= 15 is 0 Å². The second-order valence-electron chi connectivity index (χ2n) is 7.59. The minimum atomic E-state index is -0.451. The van der Waals surface area contributed by atoms with Crippen LogP contribution in [-0.2, 0) is 4.74 Å². The summed E-state index contributed by atoms with van der Waals surface area (Å²) in [6.45, 7) is 13.6. The van der Waals surface area contributed by atoms with Gasteiger partial charge in [-0.05, 0) is 39.0 Å². The van der Waals surface area contributed by atoms with E-state index in [4.69, 9.17) is 4.74 Å². The summed E-state index contributed by atoms with van der Waals surface area (Å²) in [5.41, 5.74) is -0.0944. The Bertz CT molecular complexity index is 399. The standard InChI is InChI=1S/C16H32N4O2/c1-15(2,3)22-14(21)19-10-7-9-18-13(17-6)20-11-8-16(4,5)12-20/h7-12H2,1-6H3,(H,17,18)(H,19,21). The largest absolute Gasteiger partial charge is 0.444 e. The van der Waals surface area contributed by atoms with Gasteiger partial charge in [0, 0.05) is 33.2 Å². The minimum Gasteiger partial charge on any atom is -0.444 e. The molecule has 0 bridgehead atoms. The van der Waals surface area contributed by atoms with Crippen LogP contribution in [0.2, 0.25) is 0 Å². The van der Waals surface area contributed by atoms with Gasteiger partial charge in [-0.25, -0.2) is 4.79 Å². The van der Waals surface area contributed by atoms with E-state index in [1.807, 2.05) is 27.8 Å². The first kappa shape index (κ1) is 18.6. The molecule has 0 aromatic carbocycles. The van der Waals surface area contributed by atoms with Crippen molar-refractivity contribution in [2.24, 2.45) is 10.4 Å². The average Bonchev–Trinajstić information content (AvgIpc) is 2.72. The van der Waals surface area contributed by atoms with Crippen LogP contribution < -0.4 is 10.6 Å². The zero-order chi connectivity index (χ0) is 16.8. The predicted octanol–water partition coefficient (Wildman–Crippen LogP) is 2.21. The molecule has 0 spiro atoms. The molecule has 1 amide bonds. The maximum absolute atomic E-state index is 11.5. The third-order valence-corrected chi connectivity index (χ3v) is 3.49. The SMILES string of the molecule is CN=C(NCCCNC(=O)OC(C)(C)C)N1CCC(C)(C)C1. The number of likely N-dealkylation sites (tertiary alicyclic amines) is 1. The van der Waals surface area contributed by atoms with Crippen LogP contribution >= 0.6 is 0 Å². The lowest BCUT2D eigenvalue weighted by Gasteiger charge is -2.23. The van der Waals surface area contributed by atoms with Gasteiger partial charge in [0.05, 0.1) is 0 Å². The van der Waals surface area contributed by atoms with E-state index < -0.39 is 5.60 Å². The number of alkyl carbamates (subject to hydrolysis) is 1. The van der Waals surface area contributed by atoms with Gasteiger partial charge in [-0.15, -0.1) is 0 Å². The van der Waals surface area contributed by atoms with Gasteiger partial charge in [-0.3, -0.25) is 4.99 Å². The highest BCUT2D eigenvalue weighted by molar-refractivity contribution is 5.80. The monoisotopic (exact) mass is 312 g/mol. The molecule has 0 aromatic rings. The first-order chi connectivity index (χ1) is 10.1. The van der Waals surface area contributed by atoms with Crippen LogP contribution in [0, 0.1) is 5.41 Å². The zero-order valence-electron chi connectivity index (χ0n) is 15.0. The molecular weight excluding hydrogens is 280 g/mol. The summed E-state index contributed by atoms with van der Waals surface area (Å²) in [4.78, 5) is 18.1. The van der Waals surface area contributed by atoms with Gasteiger partial charge >= 0.3 is 6.09 Å². The molecule has 0 atom stereocenters. The lowest BCUT2D eigenvalue weighted by atomic mass is 9.93. The Morgan fingerprint density at radius 2 is 1.91 bits per heavy atom. The molecule has 128 valence electrons. The van der Waals surface area contributed by atoms with E-state index in [0.29, 0.717) is 12.0 Å². The number of amides is 1. The quantitative estimate of drug-likeness (QED) is 0.474. The number of nitrogens with zero attached hydrogens (tertiary/aromatic N) is 2. The van der Waals surface area contributed by atoms with Gasteiger partial charge in [-0.1, -0.05) is 13.8 Å². The molecule has 0 unspecified atom stereocenters. The summed E-state index contributed by atoms with van der Waals surface area (Å²) >= 11 is 0. The van der Waals surface area contributed by atoms with Crippen LogP contribution in [0.15, 0.2) is 4.99 Å². The predicted molar refractivity (Wildman–Crippen MR) is 90.2 cm³/mol. The van der Waals surface area contributed by atoms with Crippen molar-refractivity contribution in [3.05, 3.63) is 0 Å². The van der Waals surface area contributed by atoms with Crippen molar-refractivity contribution in [1.82, 2.24) is 15.5 Å². The van der Waals surface area contributed by atoms with Crippen molar-refractivity contribution in [2.45, 2.75) is 53.1 Å². The number of nitrogens with one attached hydrogen (secondary N) is 2. The highest BCUT2D eigenvalue weighted by Crippen LogP contribution is 2.28. The fraction of sp³-hybridized carbons (Fsp3) is 0.875. The first-order valence-corrected chi connectivity index (χ1v) is 8.05. The molecular formula is C16H32N4O2. The molecule has 2 N–H and O–H groups in total. The molecule has 0 saturated carbocycles. The number of aliphatic imine (C=N–C) groups is 1. The van der Waals surface area contributed by atoms with Crippen molar-refractivity contribution in [3.8, 4) is 0 Å². The molecule has 6 heteroatoms. The van der Waals surface area contributed by atoms with Crippen LogP contribution in [-0.4, -0.2) is 55.8 Å². The fourth-order valence-electron chi connectivity index (χ4n) is 2.42. The third-order valence-electron chi connectivity index (χ3n) is 3.49. The molecule has 0 radical (unpaired) electrons. The molecule has 6 nitrogen and oxygen atoms in total. The second kappa shape index (κ2) is 7.70. The summed E-state index contributed by atoms with van der Waals surface area (Å²) in [7, 11) is 1.81. The Balaban J connectivity index is 2.19. The topological polar surface area (TPSA) is 66.0 Å². The molecule has 0 aliphatic carbocycles. The lowest BCUT2D eigenvalue weighted by Crippen LogP contribution is -2.42. The number of ether oxygens (including phenoxy) is 1. The van der Waals surface area contributed by atoms with Crippen LogP contribution in [0.3, 0.4) is 0 Å². The minimum absolute atomic E-state index is 0.357. The number of carbonyl (C=O) groups is 1. The molecule has 1 aliphatic heterocycles. The number of hydrogen-bond acceptors (Lipinski definition) is 3. The number of carbonyl (C=O) groups excluding carboxylic acids is 1.